The molecule has 14 heteroatoms. The Bertz CT molecular complexity index is 2310. The second-order valence-electron chi connectivity index (χ2n) is 11.9. The zero-order chi connectivity index (χ0) is 34.9. The molecule has 0 unspecified atom stereocenters. The van der Waals surface area contributed by atoms with E-state index in [0.29, 0.717) is 0 Å². The number of benzene rings is 2. The molecule has 0 aliphatic heterocycles. The Hall–Kier alpha value is -4.82. The molecule has 0 saturated heterocycles. The molecule has 0 radical (unpaired) electrons. The van der Waals surface area contributed by atoms with Crippen LogP contribution >= 0.6 is 31.4 Å². The third-order valence-electron chi connectivity index (χ3n) is 9.03. The number of nitrogens with zero attached hydrogens (tertiary/aromatic N) is 6. The van der Waals surface area contributed by atoms with Crippen molar-refractivity contribution < 1.29 is 31.0 Å². The minimum Gasteiger partial charge on any atom is -1.00 e. The van der Waals surface area contributed by atoms with E-state index in [-0.39, 0.29) is 12.4 Å². The number of H-pyrrole nitrogens is 2. The number of imidazole rings is 2. The van der Waals surface area contributed by atoms with Crippen molar-refractivity contribution in [2.45, 2.75) is 25.4 Å². The highest BCUT2D eigenvalue weighted by atomic mass is 35.5. The second-order valence-corrected chi connectivity index (χ2v) is 16.2. The van der Waals surface area contributed by atoms with Gasteiger partial charge in [-0.3, -0.25) is 0 Å². The van der Waals surface area contributed by atoms with Gasteiger partial charge in [-0.25, -0.2) is 19.1 Å². The summed E-state index contributed by atoms with van der Waals surface area (Å²) in [5.74, 6) is 4.74. The summed E-state index contributed by atoms with van der Waals surface area (Å²) in [5, 5.41) is 0. The van der Waals surface area contributed by atoms with Crippen molar-refractivity contribution in [3.63, 3.8) is 0 Å². The van der Waals surface area contributed by atoms with E-state index in [1.807, 2.05) is 73.6 Å². The number of hydrogen-bond acceptors (Lipinski definition) is 7. The van der Waals surface area contributed by atoms with E-state index in [2.05, 4.69) is 78.5 Å². The highest BCUT2D eigenvalue weighted by Crippen LogP contribution is 2.40. The number of pyridine rings is 2. The van der Waals surface area contributed by atoms with Crippen LogP contribution in [0.15, 0.2) is 110 Å². The van der Waals surface area contributed by atoms with Gasteiger partial charge < -0.3 is 31.0 Å². The maximum Gasteiger partial charge on any atom is 0.402 e. The maximum atomic E-state index is 5.72. The van der Waals surface area contributed by atoms with Crippen LogP contribution < -0.4 is 31.0 Å². The van der Waals surface area contributed by atoms with Gasteiger partial charge in [0, 0.05) is 71.6 Å². The molecule has 0 amide bonds. The summed E-state index contributed by atoms with van der Waals surface area (Å²) in [6.07, 6.45) is 12.2. The van der Waals surface area contributed by atoms with Gasteiger partial charge >= 0.3 is 11.9 Å². The first-order valence-corrected chi connectivity index (χ1v) is 20.2. The molecule has 52 heavy (non-hydrogen) atoms. The van der Waals surface area contributed by atoms with Crippen LogP contribution in [0.25, 0.3) is 45.3 Å². The van der Waals surface area contributed by atoms with Crippen LogP contribution in [0.4, 0.5) is 0 Å². The summed E-state index contributed by atoms with van der Waals surface area (Å²) in [5.41, 5.74) is 10.3. The van der Waals surface area contributed by atoms with Gasteiger partial charge in [-0.05, 0) is 72.2 Å². The number of hydrogen-bond donors (Lipinski definition) is 2. The predicted octanol–water partition coefficient (Wildman–Crippen LogP) is 4.94. The summed E-state index contributed by atoms with van der Waals surface area (Å²) < 4.78 is 19.9. The molecular formula is C38H36ClN8O2S3+. The van der Waals surface area contributed by atoms with Crippen LogP contribution in [0.3, 0.4) is 0 Å². The SMILES string of the molecule is COc1cc[n+](-c2nc3ccc(-n4cccc4)cc3[nH]2)c(CSSSCc2c(C)c(OC)cc[n+]2-c2nc3ccc(-n4cccc4)cc3[nH]2)c1C.[Cl-]. The molecule has 0 spiro atoms. The lowest BCUT2D eigenvalue weighted by Gasteiger charge is -2.13. The van der Waals surface area contributed by atoms with Crippen molar-refractivity contribution in [3.8, 4) is 34.8 Å². The van der Waals surface area contributed by atoms with E-state index < -0.39 is 0 Å². The number of ether oxygens (including phenoxy) is 2. The Labute approximate surface area is 318 Å². The largest absolute Gasteiger partial charge is 1.00 e. The van der Waals surface area contributed by atoms with Crippen molar-refractivity contribution in [3.05, 3.63) is 132 Å². The highest BCUT2D eigenvalue weighted by molar-refractivity contribution is 9.09. The van der Waals surface area contributed by atoms with E-state index in [1.165, 1.54) is 0 Å². The monoisotopic (exact) mass is 767 g/mol. The minimum absolute atomic E-state index is 0. The Kier molecular flexibility index (Phi) is 10.6. The molecule has 8 aromatic rings. The lowest BCUT2D eigenvalue weighted by molar-refractivity contribution is -0.611. The molecule has 0 aliphatic carbocycles. The zero-order valence-electron chi connectivity index (χ0n) is 28.9. The second kappa shape index (κ2) is 15.4. The normalized spacial score (nSPS) is 11.3. The minimum atomic E-state index is 0. The van der Waals surface area contributed by atoms with Crippen LogP contribution in [0.1, 0.15) is 22.5 Å². The fourth-order valence-electron chi connectivity index (χ4n) is 6.28. The summed E-state index contributed by atoms with van der Waals surface area (Å²) >= 11 is 0. The first kappa shape index (κ1) is 35.6. The van der Waals surface area contributed by atoms with Gasteiger partial charge in [-0.1, -0.05) is 31.6 Å². The molecule has 2 N–H and O–H groups in total. The number of aromatic nitrogens is 8. The summed E-state index contributed by atoms with van der Waals surface area (Å²) in [6, 6.07) is 24.6. The quantitative estimate of drug-likeness (QED) is 0.103. The van der Waals surface area contributed by atoms with Crippen molar-refractivity contribution in [1.82, 2.24) is 29.1 Å². The number of fused-ring (bicyclic) bond motifs is 2. The van der Waals surface area contributed by atoms with Gasteiger partial charge in [0.15, 0.2) is 11.0 Å². The fourth-order valence-corrected chi connectivity index (χ4v) is 10.0. The molecule has 0 atom stereocenters. The van der Waals surface area contributed by atoms with E-state index in [1.54, 1.807) is 45.6 Å². The third kappa shape index (κ3) is 6.88. The molecule has 6 heterocycles. The topological polar surface area (TPSA) is 93.4 Å². The van der Waals surface area contributed by atoms with Gasteiger partial charge in [-0.2, -0.15) is 0 Å². The molecular weight excluding hydrogens is 732 g/mol. The van der Waals surface area contributed by atoms with Crippen LogP contribution in [-0.2, 0) is 11.5 Å². The van der Waals surface area contributed by atoms with Crippen molar-refractivity contribution in [1.29, 1.82) is 0 Å². The number of aromatic amines is 2. The zero-order valence-corrected chi connectivity index (χ0v) is 32.1. The van der Waals surface area contributed by atoms with E-state index in [0.717, 1.165) is 90.9 Å². The van der Waals surface area contributed by atoms with E-state index in [4.69, 9.17) is 19.4 Å². The number of rotatable bonds is 12. The number of nitrogens with one attached hydrogen (secondary N) is 2. The van der Waals surface area contributed by atoms with Gasteiger partial charge in [0.05, 0.1) is 38.1 Å². The van der Waals surface area contributed by atoms with Crippen molar-refractivity contribution in [2.75, 3.05) is 14.2 Å². The Morgan fingerprint density at radius 2 is 1.06 bits per heavy atom. The molecule has 0 aliphatic rings. The fraction of sp³-hybridized carbons (Fsp3) is 0.158. The Morgan fingerprint density at radius 1 is 0.635 bits per heavy atom. The smallest absolute Gasteiger partial charge is 0.402 e. The molecule has 0 saturated carbocycles. The molecule has 0 fully saturated rings. The lowest BCUT2D eigenvalue weighted by atomic mass is 10.2. The average molecular weight is 768 g/mol. The van der Waals surface area contributed by atoms with Crippen LogP contribution in [0.2, 0.25) is 0 Å². The lowest BCUT2D eigenvalue weighted by Crippen LogP contribution is -3.00. The summed E-state index contributed by atoms with van der Waals surface area (Å²) in [4.78, 5) is 17.0. The first-order chi connectivity index (χ1) is 25.0. The number of halogens is 1. The molecule has 6 aromatic heterocycles. The molecule has 8 rings (SSSR count). The highest BCUT2D eigenvalue weighted by Gasteiger charge is 2.23. The Balaban J connectivity index is 0.00000420. The van der Waals surface area contributed by atoms with Crippen molar-refractivity contribution in [2.24, 2.45) is 0 Å². The summed E-state index contributed by atoms with van der Waals surface area (Å²) in [6.45, 7) is 4.21. The Morgan fingerprint density at radius 3 is 1.46 bits per heavy atom. The van der Waals surface area contributed by atoms with Gasteiger partial charge in [0.2, 0.25) is 0 Å². The van der Waals surface area contributed by atoms with Gasteiger partial charge in [0.1, 0.15) is 33.9 Å². The molecule has 2 aromatic carbocycles. The van der Waals surface area contributed by atoms with Gasteiger partial charge in [-0.15, -0.1) is 0 Å². The predicted molar refractivity (Wildman–Crippen MR) is 207 cm³/mol. The number of methoxy groups -OCH3 is 2. The van der Waals surface area contributed by atoms with Gasteiger partial charge in [0.25, 0.3) is 0 Å². The van der Waals surface area contributed by atoms with Crippen LogP contribution in [0.5, 0.6) is 11.5 Å². The summed E-state index contributed by atoms with van der Waals surface area (Å²) in [7, 11) is 8.77. The standard InChI is InChI=1S/C38H36N8O2S3.ClH/c1-25-33(45(19-13-35(25)47-3)37-39-29-11-9-27(21-31(29)41-37)43-15-5-6-16-43)23-49-51-50-24-34-26(2)36(48-4)14-20-46(34)38-40-30-12-10-28(22-32(30)42-38)44-17-7-8-18-44;/h5-22H,23-24H2,1-4H3,(H,39,41)(H,40,42);1H/q+2;/p-1. The first-order valence-electron chi connectivity index (χ1n) is 16.3. The van der Waals surface area contributed by atoms with Crippen molar-refractivity contribution >= 4 is 53.5 Å². The molecule has 264 valence electrons. The molecule has 0 bridgehead atoms. The van der Waals surface area contributed by atoms with Crippen LogP contribution in [-0.4, -0.2) is 43.3 Å². The van der Waals surface area contributed by atoms with E-state index >= 15 is 0 Å². The molecule has 10 nitrogen and oxygen atoms in total. The average Bonchev–Trinajstić information content (AvgIpc) is 3.98. The van der Waals surface area contributed by atoms with Crippen LogP contribution in [0, 0.1) is 13.8 Å². The van der Waals surface area contributed by atoms with E-state index in [9.17, 15) is 0 Å². The third-order valence-corrected chi connectivity index (χ3v) is 13.0. The maximum absolute atomic E-state index is 5.72.